The van der Waals surface area contributed by atoms with Crippen molar-refractivity contribution in [2.45, 2.75) is 25.7 Å². The van der Waals surface area contributed by atoms with Crippen molar-refractivity contribution in [3.63, 3.8) is 0 Å². The molecule has 0 atom stereocenters. The van der Waals surface area contributed by atoms with Gasteiger partial charge in [-0.15, -0.1) is 0 Å². The molecule has 0 aliphatic heterocycles. The fourth-order valence-electron chi connectivity index (χ4n) is 0.814. The number of hydrogen-bond donors (Lipinski definition) is 0. The highest BCUT2D eigenvalue weighted by atomic mass is 36.2. The number of unbranched alkanes of at least 4 members (excludes halogenated alkanes) is 2. The molecule has 0 aliphatic rings. The van der Waals surface area contributed by atoms with Crippen molar-refractivity contribution in [3.8, 4) is 0 Å². The summed E-state index contributed by atoms with van der Waals surface area (Å²) in [4.78, 5) is 10.7. The van der Waals surface area contributed by atoms with Crippen molar-refractivity contribution in [3.05, 3.63) is 0 Å². The Hall–Kier alpha value is 0.690. The van der Waals surface area contributed by atoms with Gasteiger partial charge in [0.05, 0.1) is 7.11 Å². The fraction of sp³-hybridized carbons (Fsp3) is 0.857. The summed E-state index contributed by atoms with van der Waals surface area (Å²) in [5.74, 6) is 0.431. The Balaban J connectivity index is 3.22. The van der Waals surface area contributed by atoms with Crippen molar-refractivity contribution in [1.29, 1.82) is 0 Å². The monoisotopic (exact) mass is 266 g/mol. The molecule has 6 heteroatoms. The van der Waals surface area contributed by atoms with E-state index in [2.05, 4.69) is 4.74 Å². The summed E-state index contributed by atoms with van der Waals surface area (Å²) in [7, 11) is 16.3. The van der Waals surface area contributed by atoms with Gasteiger partial charge in [-0.3, -0.25) is 4.79 Å². The third-order valence-corrected chi connectivity index (χ3v) is 3.62. The second-order valence-corrected chi connectivity index (χ2v) is 10.2. The zero-order valence-corrected chi connectivity index (χ0v) is 10.5. The Bertz CT molecular complexity index is 158. The smallest absolute Gasteiger partial charge is 0.305 e. The molecule has 0 bridgehead atoms. The first kappa shape index (κ1) is 13.7. The highest BCUT2D eigenvalue weighted by molar-refractivity contribution is 8.79. The van der Waals surface area contributed by atoms with Crippen molar-refractivity contribution in [1.82, 2.24) is 0 Å². The molecule has 0 saturated carbocycles. The molecule has 0 aromatic carbocycles. The van der Waals surface area contributed by atoms with Crippen LogP contribution in [0, 0.1) is 0 Å². The second kappa shape index (κ2) is 7.04. The topological polar surface area (TPSA) is 26.3 Å². The molecule has 0 spiro atoms. The predicted molar refractivity (Wildman–Crippen MR) is 60.5 cm³/mol. The van der Waals surface area contributed by atoms with Crippen molar-refractivity contribution in [2.24, 2.45) is 0 Å². The molecular weight excluding hydrogens is 255 g/mol. The van der Waals surface area contributed by atoms with Gasteiger partial charge in [-0.05, 0) is 52.6 Å². The van der Waals surface area contributed by atoms with E-state index < -0.39 is 7.67 Å². The van der Waals surface area contributed by atoms with Gasteiger partial charge in [0.1, 0.15) is 0 Å². The zero-order chi connectivity index (χ0) is 10.3. The maximum absolute atomic E-state index is 10.7. The van der Waals surface area contributed by atoms with E-state index in [-0.39, 0.29) is 5.97 Å². The fourth-order valence-corrected chi connectivity index (χ4v) is 2.33. The summed E-state index contributed by atoms with van der Waals surface area (Å²) in [6, 6.07) is 0. The van der Waals surface area contributed by atoms with Gasteiger partial charge in [0.2, 0.25) is 0 Å². The Labute approximate surface area is 93.7 Å². The maximum atomic E-state index is 10.7. The SMILES string of the molecule is COC(=O)CCCCCS(Cl)(Cl)Cl. The number of carbonyl (C=O) groups is 1. The summed E-state index contributed by atoms with van der Waals surface area (Å²) in [5, 5.41) is 0. The molecule has 0 aromatic heterocycles. The van der Waals surface area contributed by atoms with Gasteiger partial charge in [0.15, 0.2) is 0 Å². The van der Waals surface area contributed by atoms with Gasteiger partial charge in [-0.2, -0.15) is 0 Å². The molecule has 80 valence electrons. The summed E-state index contributed by atoms with van der Waals surface area (Å²) in [5.41, 5.74) is 0. The van der Waals surface area contributed by atoms with E-state index in [4.69, 9.17) is 32.0 Å². The van der Waals surface area contributed by atoms with Crippen LogP contribution in [0.25, 0.3) is 0 Å². The van der Waals surface area contributed by atoms with Crippen LogP contribution in [0.4, 0.5) is 0 Å². The zero-order valence-electron chi connectivity index (χ0n) is 7.39. The summed E-state index contributed by atoms with van der Waals surface area (Å²) >= 11 is 0. The quantitative estimate of drug-likeness (QED) is 0.537. The lowest BCUT2D eigenvalue weighted by atomic mass is 10.2. The van der Waals surface area contributed by atoms with Gasteiger partial charge in [-0.25, -0.2) is 0 Å². The number of methoxy groups -OCH3 is 1. The van der Waals surface area contributed by atoms with Crippen LogP contribution in [0.3, 0.4) is 0 Å². The standard InChI is InChI=1S/C7H13Cl3O2S/c1-12-7(11)5-3-2-4-6-13(8,9)10/h2-6H2,1H3. The Morgan fingerprint density at radius 1 is 1.23 bits per heavy atom. The lowest BCUT2D eigenvalue weighted by Crippen LogP contribution is -1.99. The average Bonchev–Trinajstić information content (AvgIpc) is 2.01. The molecule has 0 saturated heterocycles. The van der Waals surface area contributed by atoms with E-state index in [9.17, 15) is 4.79 Å². The first-order chi connectivity index (χ1) is 5.95. The molecule has 0 aliphatic carbocycles. The maximum Gasteiger partial charge on any atom is 0.305 e. The molecule has 0 unspecified atom stereocenters. The van der Waals surface area contributed by atoms with E-state index in [1.165, 1.54) is 7.11 Å². The predicted octanol–water partition coefficient (Wildman–Crippen LogP) is 3.99. The van der Waals surface area contributed by atoms with Crippen LogP contribution in [0.15, 0.2) is 0 Å². The van der Waals surface area contributed by atoms with E-state index in [1.807, 2.05) is 0 Å². The van der Waals surface area contributed by atoms with E-state index in [0.29, 0.717) is 12.2 Å². The molecular formula is C7H13Cl3O2S. The third-order valence-electron chi connectivity index (χ3n) is 1.48. The summed E-state index contributed by atoms with van der Waals surface area (Å²) < 4.78 is 4.49. The first-order valence-corrected chi connectivity index (χ1v) is 8.20. The number of esters is 1. The van der Waals surface area contributed by atoms with Gasteiger partial charge >= 0.3 is 5.97 Å². The van der Waals surface area contributed by atoms with Crippen LogP contribution >= 0.6 is 39.7 Å². The van der Waals surface area contributed by atoms with E-state index in [1.54, 1.807) is 0 Å². The Morgan fingerprint density at radius 2 is 1.85 bits per heavy atom. The molecule has 2 nitrogen and oxygen atoms in total. The van der Waals surface area contributed by atoms with E-state index >= 15 is 0 Å². The van der Waals surface area contributed by atoms with Crippen LogP contribution in [0.5, 0.6) is 0 Å². The largest absolute Gasteiger partial charge is 0.469 e. The second-order valence-electron chi connectivity index (χ2n) is 2.59. The molecule has 0 radical (unpaired) electrons. The normalized spacial score (nSPS) is 12.6. The Kier molecular flexibility index (Phi) is 7.42. The van der Waals surface area contributed by atoms with Crippen LogP contribution in [-0.2, 0) is 9.53 Å². The number of carbonyl (C=O) groups excluding carboxylic acids is 1. The molecule has 0 amide bonds. The molecule has 0 aromatic rings. The number of rotatable bonds is 6. The van der Waals surface area contributed by atoms with E-state index in [0.717, 1.165) is 19.3 Å². The number of ether oxygens (including phenoxy) is 1. The van der Waals surface area contributed by atoms with Gasteiger partial charge in [-0.1, -0.05) is 6.42 Å². The molecule has 0 rings (SSSR count). The molecule has 13 heavy (non-hydrogen) atoms. The minimum atomic E-state index is -1.93. The summed E-state index contributed by atoms with van der Waals surface area (Å²) in [6.07, 6.45) is 3.00. The highest BCUT2D eigenvalue weighted by Crippen LogP contribution is 2.63. The lowest BCUT2D eigenvalue weighted by molar-refractivity contribution is -0.140. The minimum Gasteiger partial charge on any atom is -0.469 e. The van der Waals surface area contributed by atoms with Gasteiger partial charge in [0, 0.05) is 12.2 Å². The third kappa shape index (κ3) is 10.6. The highest BCUT2D eigenvalue weighted by Gasteiger charge is 2.12. The van der Waals surface area contributed by atoms with Crippen molar-refractivity contribution >= 4 is 45.7 Å². The van der Waals surface area contributed by atoms with Crippen LogP contribution < -0.4 is 0 Å². The van der Waals surface area contributed by atoms with Crippen LogP contribution in [0.2, 0.25) is 0 Å². The molecule has 0 heterocycles. The van der Waals surface area contributed by atoms with Gasteiger partial charge < -0.3 is 4.74 Å². The molecule has 0 fully saturated rings. The molecule has 0 N–H and O–H groups in total. The minimum absolute atomic E-state index is 0.179. The average molecular weight is 268 g/mol. The van der Waals surface area contributed by atoms with Gasteiger partial charge in [0.25, 0.3) is 0 Å². The van der Waals surface area contributed by atoms with Crippen molar-refractivity contribution in [2.75, 3.05) is 12.9 Å². The first-order valence-electron chi connectivity index (χ1n) is 3.92. The summed E-state index contributed by atoms with van der Waals surface area (Å²) in [6.45, 7) is 0. The Morgan fingerprint density at radius 3 is 2.31 bits per heavy atom. The van der Waals surface area contributed by atoms with Crippen LogP contribution in [0.1, 0.15) is 25.7 Å². The number of halogens is 3. The van der Waals surface area contributed by atoms with Crippen LogP contribution in [-0.4, -0.2) is 18.8 Å². The lowest BCUT2D eigenvalue weighted by Gasteiger charge is -2.14. The van der Waals surface area contributed by atoms with Crippen molar-refractivity contribution < 1.29 is 9.53 Å². The number of hydrogen-bond acceptors (Lipinski definition) is 2.